The van der Waals surface area contributed by atoms with Crippen LogP contribution >= 0.6 is 24.0 Å². The van der Waals surface area contributed by atoms with E-state index >= 15 is 0 Å². The number of fused-ring (bicyclic) bond motifs is 1. The monoisotopic (exact) mass is 528 g/mol. The summed E-state index contributed by atoms with van der Waals surface area (Å²) in [5.74, 6) is 4.27. The first-order valence-electron chi connectivity index (χ1n) is 10.5. The van der Waals surface area contributed by atoms with Crippen LogP contribution in [0.2, 0.25) is 0 Å². The third-order valence-electron chi connectivity index (χ3n) is 4.83. The predicted octanol–water partition coefficient (Wildman–Crippen LogP) is 3.46. The summed E-state index contributed by atoms with van der Waals surface area (Å²) in [6.07, 6.45) is 2.14. The maximum Gasteiger partial charge on any atom is 0.192 e. The van der Waals surface area contributed by atoms with E-state index in [1.54, 1.807) is 0 Å². The summed E-state index contributed by atoms with van der Waals surface area (Å²) in [7, 11) is 0. The summed E-state index contributed by atoms with van der Waals surface area (Å²) in [6.45, 7) is 11.6. The highest BCUT2D eigenvalue weighted by Gasteiger charge is 2.17. The Hall–Kier alpha value is -2.04. The second-order valence-electron chi connectivity index (χ2n) is 6.92. The van der Waals surface area contributed by atoms with Gasteiger partial charge in [-0.25, -0.2) is 4.99 Å². The van der Waals surface area contributed by atoms with Crippen LogP contribution in [-0.4, -0.2) is 40.5 Å². The molecule has 1 unspecified atom stereocenters. The second-order valence-corrected chi connectivity index (χ2v) is 6.92. The summed E-state index contributed by atoms with van der Waals surface area (Å²) >= 11 is 0. The van der Waals surface area contributed by atoms with Crippen LogP contribution in [0.15, 0.2) is 23.2 Å². The van der Waals surface area contributed by atoms with E-state index < -0.39 is 0 Å². The van der Waals surface area contributed by atoms with Crippen molar-refractivity contribution in [3.05, 3.63) is 35.4 Å². The first-order valence-corrected chi connectivity index (χ1v) is 10.5. The van der Waals surface area contributed by atoms with Gasteiger partial charge in [-0.2, -0.15) is 0 Å². The summed E-state index contributed by atoms with van der Waals surface area (Å²) in [6, 6.07) is 6.10. The molecular weight excluding hydrogens is 495 g/mol. The van der Waals surface area contributed by atoms with Gasteiger partial charge in [-0.3, -0.25) is 0 Å². The molecule has 30 heavy (non-hydrogen) atoms. The van der Waals surface area contributed by atoms with Crippen LogP contribution in [-0.2, 0) is 19.5 Å². The molecule has 2 heterocycles. The van der Waals surface area contributed by atoms with Gasteiger partial charge in [0.25, 0.3) is 0 Å². The topological polar surface area (TPSA) is 85.6 Å². The number of halogens is 1. The Balaban J connectivity index is 0.00000320. The fourth-order valence-corrected chi connectivity index (χ4v) is 3.42. The average molecular weight is 528 g/mol. The first-order chi connectivity index (χ1) is 14.2. The molecule has 8 nitrogen and oxygen atoms in total. The summed E-state index contributed by atoms with van der Waals surface area (Å²) in [5, 5.41) is 15.3. The van der Waals surface area contributed by atoms with Crippen LogP contribution < -0.4 is 20.1 Å². The minimum absolute atomic E-state index is 0. The lowest BCUT2D eigenvalue weighted by Crippen LogP contribution is -2.38. The Morgan fingerprint density at radius 2 is 1.93 bits per heavy atom. The largest absolute Gasteiger partial charge is 0.490 e. The quantitative estimate of drug-likeness (QED) is 0.295. The van der Waals surface area contributed by atoms with Crippen molar-refractivity contribution in [3.63, 3.8) is 0 Å². The molecule has 0 bridgehead atoms. The van der Waals surface area contributed by atoms with E-state index in [0.29, 0.717) is 19.8 Å². The fraction of sp³-hybridized carbons (Fsp3) is 0.571. The van der Waals surface area contributed by atoms with E-state index in [1.807, 2.05) is 26.0 Å². The molecule has 1 aromatic heterocycles. The van der Waals surface area contributed by atoms with Crippen LogP contribution in [0, 0.1) is 0 Å². The van der Waals surface area contributed by atoms with Gasteiger partial charge in [-0.1, -0.05) is 6.07 Å². The highest BCUT2D eigenvalue weighted by molar-refractivity contribution is 14.0. The van der Waals surface area contributed by atoms with Crippen molar-refractivity contribution in [1.29, 1.82) is 0 Å². The molecule has 0 spiro atoms. The Kier molecular flexibility index (Phi) is 9.67. The summed E-state index contributed by atoms with van der Waals surface area (Å²) < 4.78 is 13.6. The zero-order valence-corrected chi connectivity index (χ0v) is 20.6. The van der Waals surface area contributed by atoms with Gasteiger partial charge in [0.15, 0.2) is 23.3 Å². The zero-order valence-electron chi connectivity index (χ0n) is 18.3. The average Bonchev–Trinajstić information content (AvgIpc) is 3.32. The molecule has 0 saturated heterocycles. The van der Waals surface area contributed by atoms with Gasteiger partial charge in [-0.05, 0) is 51.8 Å². The molecule has 0 radical (unpaired) electrons. The van der Waals surface area contributed by atoms with Crippen LogP contribution in [0.25, 0.3) is 0 Å². The number of hydrogen-bond acceptors (Lipinski definition) is 5. The Morgan fingerprint density at radius 1 is 1.17 bits per heavy atom. The predicted molar refractivity (Wildman–Crippen MR) is 129 cm³/mol. The molecule has 2 N–H and O–H groups in total. The Bertz CT molecular complexity index is 839. The normalized spacial score (nSPS) is 13.9. The molecule has 1 aliphatic heterocycles. The molecule has 0 aliphatic carbocycles. The van der Waals surface area contributed by atoms with Crippen molar-refractivity contribution in [3.8, 4) is 11.5 Å². The first kappa shape index (κ1) is 24.2. The molecule has 3 rings (SSSR count). The van der Waals surface area contributed by atoms with Crippen molar-refractivity contribution in [1.82, 2.24) is 25.4 Å². The van der Waals surface area contributed by atoms with Crippen molar-refractivity contribution in [2.24, 2.45) is 4.99 Å². The number of benzene rings is 1. The van der Waals surface area contributed by atoms with Crippen molar-refractivity contribution in [2.75, 3.05) is 19.8 Å². The number of aryl methyl sites for hydroxylation is 1. The molecule has 1 aliphatic rings. The van der Waals surface area contributed by atoms with Gasteiger partial charge < -0.3 is 24.7 Å². The Morgan fingerprint density at radius 3 is 2.67 bits per heavy atom. The van der Waals surface area contributed by atoms with Crippen molar-refractivity contribution in [2.45, 2.75) is 59.7 Å². The maximum absolute atomic E-state index is 5.76. The molecule has 0 saturated carbocycles. The second kappa shape index (κ2) is 12.0. The maximum atomic E-state index is 5.76. The number of guanidine groups is 1. The standard InChI is InChI=1S/C21H32N6O2.HI/c1-5-22-21(23-14-20-26-25-19-9-8-12-27(19)20)24-15(4)16-10-11-17(28-6-2)18(13-16)29-7-3;/h10-11,13,15H,5-9,12,14H2,1-4H3,(H2,22,23,24);1H. The third-order valence-corrected chi connectivity index (χ3v) is 4.83. The van der Waals surface area contributed by atoms with E-state index in [0.717, 1.165) is 60.6 Å². The lowest BCUT2D eigenvalue weighted by atomic mass is 10.1. The lowest BCUT2D eigenvalue weighted by molar-refractivity contribution is 0.287. The van der Waals surface area contributed by atoms with Crippen LogP contribution in [0.4, 0.5) is 0 Å². The van der Waals surface area contributed by atoms with E-state index in [9.17, 15) is 0 Å². The van der Waals surface area contributed by atoms with E-state index in [-0.39, 0.29) is 30.0 Å². The van der Waals surface area contributed by atoms with E-state index in [4.69, 9.17) is 14.5 Å². The molecule has 1 aromatic carbocycles. The lowest BCUT2D eigenvalue weighted by Gasteiger charge is -2.20. The molecule has 9 heteroatoms. The number of rotatable bonds is 9. The summed E-state index contributed by atoms with van der Waals surface area (Å²) in [4.78, 5) is 4.72. The molecular formula is C21H33IN6O2. The fourth-order valence-electron chi connectivity index (χ4n) is 3.42. The highest BCUT2D eigenvalue weighted by Crippen LogP contribution is 2.30. The van der Waals surface area contributed by atoms with Gasteiger partial charge in [-0.15, -0.1) is 34.2 Å². The molecule has 0 fully saturated rings. The molecule has 2 aromatic rings. The molecule has 1 atom stereocenters. The number of hydrogen-bond donors (Lipinski definition) is 2. The van der Waals surface area contributed by atoms with Crippen molar-refractivity contribution >= 4 is 29.9 Å². The zero-order chi connectivity index (χ0) is 20.6. The number of nitrogens with one attached hydrogen (secondary N) is 2. The van der Waals surface area contributed by atoms with Gasteiger partial charge in [0.05, 0.1) is 19.3 Å². The van der Waals surface area contributed by atoms with E-state index in [2.05, 4.69) is 45.3 Å². The third kappa shape index (κ3) is 5.99. The number of ether oxygens (including phenoxy) is 2. The molecule has 166 valence electrons. The SMILES string of the molecule is CCNC(=NCc1nnc2n1CCC2)NC(C)c1ccc(OCC)c(OCC)c1.I. The van der Waals surface area contributed by atoms with Gasteiger partial charge in [0.1, 0.15) is 12.4 Å². The number of aromatic nitrogens is 3. The molecule has 0 amide bonds. The number of aliphatic imine (C=N–C) groups is 1. The number of nitrogens with zero attached hydrogens (tertiary/aromatic N) is 4. The van der Waals surface area contributed by atoms with Crippen LogP contribution in [0.1, 0.15) is 57.4 Å². The summed E-state index contributed by atoms with van der Waals surface area (Å²) in [5.41, 5.74) is 1.10. The van der Waals surface area contributed by atoms with E-state index in [1.165, 1.54) is 0 Å². The van der Waals surface area contributed by atoms with Crippen LogP contribution in [0.3, 0.4) is 0 Å². The minimum atomic E-state index is 0. The van der Waals surface area contributed by atoms with Gasteiger partial charge in [0, 0.05) is 19.5 Å². The Labute approximate surface area is 195 Å². The van der Waals surface area contributed by atoms with Gasteiger partial charge in [0.2, 0.25) is 0 Å². The minimum Gasteiger partial charge on any atom is -0.490 e. The van der Waals surface area contributed by atoms with Crippen LogP contribution in [0.5, 0.6) is 11.5 Å². The van der Waals surface area contributed by atoms with Gasteiger partial charge >= 0.3 is 0 Å². The highest BCUT2D eigenvalue weighted by atomic mass is 127. The van der Waals surface area contributed by atoms with Crippen molar-refractivity contribution < 1.29 is 9.47 Å². The smallest absolute Gasteiger partial charge is 0.192 e.